The quantitative estimate of drug-likeness (QED) is 0.871. The molecule has 2 aliphatic rings. The summed E-state index contributed by atoms with van der Waals surface area (Å²) in [6, 6.07) is 5.77. The third kappa shape index (κ3) is 2.87. The maximum absolute atomic E-state index is 12.4. The van der Waals surface area contributed by atoms with Crippen molar-refractivity contribution in [2.45, 2.75) is 39.5 Å². The fourth-order valence-corrected chi connectivity index (χ4v) is 3.72. The molecule has 5 nitrogen and oxygen atoms in total. The maximum atomic E-state index is 12.4. The van der Waals surface area contributed by atoms with E-state index < -0.39 is 0 Å². The van der Waals surface area contributed by atoms with Crippen molar-refractivity contribution in [3.63, 3.8) is 0 Å². The molecule has 1 aromatic carbocycles. The van der Waals surface area contributed by atoms with Crippen molar-refractivity contribution in [3.05, 3.63) is 29.3 Å². The SMILES string of the molecule is Cc1cccc(C)c1NC(=O)CN1C(=O)C2CCCCC2C1=O. The molecule has 1 aliphatic heterocycles. The minimum absolute atomic E-state index is 0.170. The first kappa shape index (κ1) is 15.7. The van der Waals surface area contributed by atoms with Crippen LogP contribution >= 0.6 is 0 Å². The first-order valence-electron chi connectivity index (χ1n) is 8.20. The molecule has 2 fully saturated rings. The molecule has 5 heteroatoms. The molecule has 1 aromatic rings. The number of carbonyl (C=O) groups excluding carboxylic acids is 3. The van der Waals surface area contributed by atoms with Crippen LogP contribution in [0.2, 0.25) is 0 Å². The number of nitrogens with zero attached hydrogens (tertiary/aromatic N) is 1. The molecule has 122 valence electrons. The van der Waals surface area contributed by atoms with Gasteiger partial charge in [0, 0.05) is 5.69 Å². The molecule has 23 heavy (non-hydrogen) atoms. The highest BCUT2D eigenvalue weighted by molar-refractivity contribution is 6.08. The predicted molar refractivity (Wildman–Crippen MR) is 86.7 cm³/mol. The topological polar surface area (TPSA) is 66.5 Å². The Bertz CT molecular complexity index is 624. The number of imide groups is 1. The number of benzene rings is 1. The Morgan fingerprint density at radius 1 is 1.09 bits per heavy atom. The summed E-state index contributed by atoms with van der Waals surface area (Å²) in [5.41, 5.74) is 2.69. The monoisotopic (exact) mass is 314 g/mol. The third-order valence-corrected chi connectivity index (χ3v) is 4.98. The average Bonchev–Trinajstić information content (AvgIpc) is 2.77. The Morgan fingerprint density at radius 3 is 2.13 bits per heavy atom. The van der Waals surface area contributed by atoms with E-state index >= 15 is 0 Å². The molecule has 1 saturated carbocycles. The van der Waals surface area contributed by atoms with Crippen LogP contribution in [-0.4, -0.2) is 29.2 Å². The van der Waals surface area contributed by atoms with E-state index in [1.54, 1.807) is 0 Å². The van der Waals surface area contributed by atoms with Crippen LogP contribution in [0.15, 0.2) is 18.2 Å². The number of rotatable bonds is 3. The number of likely N-dealkylation sites (tertiary alicyclic amines) is 1. The maximum Gasteiger partial charge on any atom is 0.244 e. The van der Waals surface area contributed by atoms with E-state index in [9.17, 15) is 14.4 Å². The molecule has 1 heterocycles. The lowest BCUT2D eigenvalue weighted by Crippen LogP contribution is -2.38. The van der Waals surface area contributed by atoms with Gasteiger partial charge in [-0.25, -0.2) is 0 Å². The molecule has 0 aromatic heterocycles. The van der Waals surface area contributed by atoms with Crippen molar-refractivity contribution < 1.29 is 14.4 Å². The zero-order valence-corrected chi connectivity index (χ0v) is 13.6. The van der Waals surface area contributed by atoms with Crippen LogP contribution in [-0.2, 0) is 14.4 Å². The number of fused-ring (bicyclic) bond motifs is 1. The highest BCUT2D eigenvalue weighted by Crippen LogP contribution is 2.37. The summed E-state index contributed by atoms with van der Waals surface area (Å²) in [7, 11) is 0. The molecule has 0 bridgehead atoms. The van der Waals surface area contributed by atoms with Crippen LogP contribution < -0.4 is 5.32 Å². The van der Waals surface area contributed by atoms with Gasteiger partial charge in [0.05, 0.1) is 11.8 Å². The summed E-state index contributed by atoms with van der Waals surface area (Å²) < 4.78 is 0. The minimum Gasteiger partial charge on any atom is -0.324 e. The van der Waals surface area contributed by atoms with Crippen molar-refractivity contribution in [3.8, 4) is 0 Å². The van der Waals surface area contributed by atoms with Crippen LogP contribution in [0, 0.1) is 25.7 Å². The molecule has 1 N–H and O–H groups in total. The lowest BCUT2D eigenvalue weighted by Gasteiger charge is -2.19. The van der Waals surface area contributed by atoms with Crippen LogP contribution in [0.4, 0.5) is 5.69 Å². The Labute approximate surface area is 136 Å². The van der Waals surface area contributed by atoms with Gasteiger partial charge in [0.2, 0.25) is 17.7 Å². The summed E-state index contributed by atoms with van der Waals surface area (Å²) in [5, 5.41) is 2.84. The van der Waals surface area contributed by atoms with Crippen LogP contribution in [0.1, 0.15) is 36.8 Å². The largest absolute Gasteiger partial charge is 0.324 e. The second-order valence-corrected chi connectivity index (χ2v) is 6.58. The zero-order valence-electron chi connectivity index (χ0n) is 13.6. The van der Waals surface area contributed by atoms with Gasteiger partial charge in [0.15, 0.2) is 0 Å². The molecular weight excluding hydrogens is 292 g/mol. The fraction of sp³-hybridized carbons (Fsp3) is 0.500. The van der Waals surface area contributed by atoms with Crippen molar-refractivity contribution in [1.29, 1.82) is 0 Å². The second-order valence-electron chi connectivity index (χ2n) is 6.58. The summed E-state index contributed by atoms with van der Waals surface area (Å²) in [6.07, 6.45) is 3.51. The Hall–Kier alpha value is -2.17. The number of hydrogen-bond acceptors (Lipinski definition) is 3. The number of carbonyl (C=O) groups is 3. The number of anilines is 1. The smallest absolute Gasteiger partial charge is 0.244 e. The fourth-order valence-electron chi connectivity index (χ4n) is 3.72. The minimum atomic E-state index is -0.317. The predicted octanol–water partition coefficient (Wildman–Crippen LogP) is 2.42. The number of aryl methyl sites for hydroxylation is 2. The summed E-state index contributed by atoms with van der Waals surface area (Å²) in [6.45, 7) is 3.66. The Kier molecular flexibility index (Phi) is 4.20. The first-order valence-corrected chi connectivity index (χ1v) is 8.20. The molecule has 2 atom stereocenters. The zero-order chi connectivity index (χ0) is 16.6. The van der Waals surface area contributed by atoms with E-state index in [2.05, 4.69) is 5.32 Å². The third-order valence-electron chi connectivity index (χ3n) is 4.98. The number of para-hydroxylation sites is 1. The van der Waals surface area contributed by atoms with E-state index in [4.69, 9.17) is 0 Å². The molecule has 0 radical (unpaired) electrons. The van der Waals surface area contributed by atoms with Crippen molar-refractivity contribution >= 4 is 23.4 Å². The highest BCUT2D eigenvalue weighted by atomic mass is 16.2. The Morgan fingerprint density at radius 2 is 1.61 bits per heavy atom. The first-order chi connectivity index (χ1) is 11.0. The van der Waals surface area contributed by atoms with Crippen LogP contribution in [0.25, 0.3) is 0 Å². The highest BCUT2D eigenvalue weighted by Gasteiger charge is 2.48. The molecule has 0 spiro atoms. The van der Waals surface area contributed by atoms with Gasteiger partial charge in [-0.05, 0) is 37.8 Å². The summed E-state index contributed by atoms with van der Waals surface area (Å²) in [5.74, 6) is -1.07. The van der Waals surface area contributed by atoms with Gasteiger partial charge in [0.25, 0.3) is 0 Å². The molecule has 3 amide bonds. The number of amides is 3. The average molecular weight is 314 g/mol. The van der Waals surface area contributed by atoms with E-state index in [1.807, 2.05) is 32.0 Å². The van der Waals surface area contributed by atoms with E-state index in [1.165, 1.54) is 0 Å². The van der Waals surface area contributed by atoms with Gasteiger partial charge < -0.3 is 5.32 Å². The van der Waals surface area contributed by atoms with Crippen molar-refractivity contribution in [2.75, 3.05) is 11.9 Å². The van der Waals surface area contributed by atoms with Gasteiger partial charge in [-0.3, -0.25) is 19.3 Å². The second kappa shape index (κ2) is 6.14. The van der Waals surface area contributed by atoms with Gasteiger partial charge in [-0.2, -0.15) is 0 Å². The van der Waals surface area contributed by atoms with Gasteiger partial charge in [0.1, 0.15) is 6.54 Å². The molecule has 1 saturated heterocycles. The van der Waals surface area contributed by atoms with Crippen LogP contribution in [0.5, 0.6) is 0 Å². The summed E-state index contributed by atoms with van der Waals surface area (Å²) in [4.78, 5) is 38.3. The van der Waals surface area contributed by atoms with Gasteiger partial charge in [-0.1, -0.05) is 31.0 Å². The van der Waals surface area contributed by atoms with Crippen LogP contribution in [0.3, 0.4) is 0 Å². The summed E-state index contributed by atoms with van der Waals surface area (Å²) >= 11 is 0. The lowest BCUT2D eigenvalue weighted by atomic mass is 9.81. The van der Waals surface area contributed by atoms with E-state index in [0.717, 1.165) is 47.4 Å². The normalized spacial score (nSPS) is 23.8. The molecule has 3 rings (SSSR count). The number of hydrogen-bond donors (Lipinski definition) is 1. The number of nitrogens with one attached hydrogen (secondary N) is 1. The Balaban J connectivity index is 1.70. The van der Waals surface area contributed by atoms with Crippen molar-refractivity contribution in [1.82, 2.24) is 4.90 Å². The molecule has 2 unspecified atom stereocenters. The van der Waals surface area contributed by atoms with E-state index in [0.29, 0.717) is 0 Å². The molecule has 1 aliphatic carbocycles. The molecular formula is C18H22N2O3. The van der Waals surface area contributed by atoms with Gasteiger partial charge >= 0.3 is 0 Å². The van der Waals surface area contributed by atoms with Gasteiger partial charge in [-0.15, -0.1) is 0 Å². The van der Waals surface area contributed by atoms with Crippen molar-refractivity contribution in [2.24, 2.45) is 11.8 Å². The van der Waals surface area contributed by atoms with E-state index in [-0.39, 0.29) is 36.1 Å². The standard InChI is InChI=1S/C18H22N2O3/c1-11-6-5-7-12(2)16(11)19-15(21)10-20-17(22)13-8-3-4-9-14(13)18(20)23/h5-7,13-14H,3-4,8-10H2,1-2H3,(H,19,21). The lowest BCUT2D eigenvalue weighted by molar-refractivity contribution is -0.142.